The maximum absolute atomic E-state index is 12.3. The van der Waals surface area contributed by atoms with Gasteiger partial charge in [-0.2, -0.15) is 13.2 Å². The second kappa shape index (κ2) is 5.55. The van der Waals surface area contributed by atoms with E-state index in [0.717, 1.165) is 4.90 Å². The van der Waals surface area contributed by atoms with Crippen molar-refractivity contribution in [2.75, 3.05) is 26.2 Å². The maximum Gasteiger partial charge on any atom is 0.471 e. The number of hydrogen-bond acceptors (Lipinski definition) is 3. The average Bonchev–Trinajstić information content (AvgIpc) is 2.24. The second-order valence-corrected chi connectivity index (χ2v) is 4.29. The molecule has 0 aromatic rings. The zero-order chi connectivity index (χ0) is 13.9. The molecule has 1 rings (SSSR count). The summed E-state index contributed by atoms with van der Waals surface area (Å²) < 4.78 is 36.8. The normalized spacial score (nSPS) is 22.0. The molecule has 1 atom stereocenters. The Morgan fingerprint density at radius 1 is 1.33 bits per heavy atom. The molecule has 1 heterocycles. The first-order chi connectivity index (χ1) is 8.21. The third kappa shape index (κ3) is 3.86. The summed E-state index contributed by atoms with van der Waals surface area (Å²) >= 11 is 0. The van der Waals surface area contributed by atoms with E-state index < -0.39 is 24.1 Å². The van der Waals surface area contributed by atoms with Crippen LogP contribution in [0.15, 0.2) is 0 Å². The Morgan fingerprint density at radius 2 is 1.94 bits per heavy atom. The minimum absolute atomic E-state index is 0.0286. The lowest BCUT2D eigenvalue weighted by Crippen LogP contribution is -2.57. The largest absolute Gasteiger partial charge is 0.481 e. The van der Waals surface area contributed by atoms with Gasteiger partial charge >= 0.3 is 18.1 Å². The Labute approximate surface area is 102 Å². The Balaban J connectivity index is 2.51. The molecular formula is C10H15F3N2O3. The van der Waals surface area contributed by atoms with E-state index in [2.05, 4.69) is 0 Å². The highest BCUT2D eigenvalue weighted by molar-refractivity contribution is 5.82. The van der Waals surface area contributed by atoms with Crippen LogP contribution in [0.5, 0.6) is 0 Å². The summed E-state index contributed by atoms with van der Waals surface area (Å²) in [7, 11) is 0. The standard InChI is InChI=1S/C10H15F3N2O3/c1-7-6-14(3-2-8(16)17)4-5-15(7)9(18)10(11,12)13/h7H,2-6H2,1H3,(H,16,17). The average molecular weight is 268 g/mol. The minimum Gasteiger partial charge on any atom is -0.481 e. The molecular weight excluding hydrogens is 253 g/mol. The molecule has 1 amide bonds. The van der Waals surface area contributed by atoms with Crippen LogP contribution in [-0.4, -0.2) is 65.2 Å². The molecule has 0 aromatic carbocycles. The van der Waals surface area contributed by atoms with Crippen molar-refractivity contribution in [2.24, 2.45) is 0 Å². The summed E-state index contributed by atoms with van der Waals surface area (Å²) in [6.45, 7) is 2.30. The predicted octanol–water partition coefficient (Wildman–Crippen LogP) is 0.556. The Kier molecular flexibility index (Phi) is 4.55. The molecule has 0 aliphatic carbocycles. The summed E-state index contributed by atoms with van der Waals surface area (Å²) in [5.74, 6) is -2.77. The molecule has 0 saturated carbocycles. The number of carboxylic acids is 1. The van der Waals surface area contributed by atoms with E-state index >= 15 is 0 Å². The van der Waals surface area contributed by atoms with E-state index in [4.69, 9.17) is 5.11 Å². The monoisotopic (exact) mass is 268 g/mol. The quantitative estimate of drug-likeness (QED) is 0.812. The summed E-state index contributed by atoms with van der Waals surface area (Å²) in [4.78, 5) is 24.0. The number of carbonyl (C=O) groups excluding carboxylic acids is 1. The first-order valence-corrected chi connectivity index (χ1v) is 5.53. The fourth-order valence-electron chi connectivity index (χ4n) is 1.95. The van der Waals surface area contributed by atoms with Gasteiger partial charge < -0.3 is 10.0 Å². The molecule has 0 spiro atoms. The lowest BCUT2D eigenvalue weighted by Gasteiger charge is -2.39. The topological polar surface area (TPSA) is 60.9 Å². The number of piperazine rings is 1. The lowest BCUT2D eigenvalue weighted by molar-refractivity contribution is -0.189. The molecule has 1 aliphatic rings. The molecule has 18 heavy (non-hydrogen) atoms. The highest BCUT2D eigenvalue weighted by Gasteiger charge is 2.44. The highest BCUT2D eigenvalue weighted by Crippen LogP contribution is 2.21. The molecule has 0 bridgehead atoms. The van der Waals surface area contributed by atoms with Gasteiger partial charge in [0.2, 0.25) is 0 Å². The van der Waals surface area contributed by atoms with Crippen LogP contribution >= 0.6 is 0 Å². The molecule has 8 heteroatoms. The first kappa shape index (κ1) is 14.7. The SMILES string of the molecule is CC1CN(CCC(=O)O)CCN1C(=O)C(F)(F)F. The van der Waals surface area contributed by atoms with Crippen LogP contribution in [0, 0.1) is 0 Å². The minimum atomic E-state index is -4.85. The number of amides is 1. The van der Waals surface area contributed by atoms with Gasteiger partial charge in [-0.1, -0.05) is 0 Å². The van der Waals surface area contributed by atoms with Gasteiger partial charge in [-0.25, -0.2) is 0 Å². The number of carbonyl (C=O) groups is 2. The molecule has 1 saturated heterocycles. The van der Waals surface area contributed by atoms with Crippen LogP contribution in [0.25, 0.3) is 0 Å². The van der Waals surface area contributed by atoms with Crippen molar-refractivity contribution in [2.45, 2.75) is 25.6 Å². The number of alkyl halides is 3. The summed E-state index contributed by atoms with van der Waals surface area (Å²) in [5, 5.41) is 8.52. The lowest BCUT2D eigenvalue weighted by atomic mass is 10.2. The first-order valence-electron chi connectivity index (χ1n) is 5.53. The fraction of sp³-hybridized carbons (Fsp3) is 0.800. The Hall–Kier alpha value is -1.31. The van der Waals surface area contributed by atoms with Crippen LogP contribution in [0.3, 0.4) is 0 Å². The summed E-state index contributed by atoms with van der Waals surface area (Å²) in [6, 6.07) is -0.568. The van der Waals surface area contributed by atoms with Crippen molar-refractivity contribution in [1.29, 1.82) is 0 Å². The van der Waals surface area contributed by atoms with Gasteiger partial charge in [-0.3, -0.25) is 14.5 Å². The van der Waals surface area contributed by atoms with E-state index in [-0.39, 0.29) is 32.6 Å². The van der Waals surface area contributed by atoms with Crippen LogP contribution < -0.4 is 0 Å². The zero-order valence-corrected chi connectivity index (χ0v) is 9.90. The van der Waals surface area contributed by atoms with Crippen molar-refractivity contribution in [3.8, 4) is 0 Å². The van der Waals surface area contributed by atoms with Crippen LogP contribution in [0.1, 0.15) is 13.3 Å². The molecule has 1 unspecified atom stereocenters. The molecule has 5 nitrogen and oxygen atoms in total. The third-order valence-corrected chi connectivity index (χ3v) is 2.86. The number of rotatable bonds is 3. The number of carboxylic acid groups (broad SMARTS) is 1. The van der Waals surface area contributed by atoms with Gasteiger partial charge in [0.15, 0.2) is 0 Å². The van der Waals surface area contributed by atoms with Crippen molar-refractivity contribution in [3.63, 3.8) is 0 Å². The van der Waals surface area contributed by atoms with Crippen molar-refractivity contribution < 1.29 is 27.9 Å². The van der Waals surface area contributed by atoms with E-state index in [1.54, 1.807) is 4.90 Å². The summed E-state index contributed by atoms with van der Waals surface area (Å²) in [6.07, 6.45) is -4.91. The molecule has 0 aromatic heterocycles. The Morgan fingerprint density at radius 3 is 2.39 bits per heavy atom. The molecule has 104 valence electrons. The number of aliphatic carboxylic acids is 1. The second-order valence-electron chi connectivity index (χ2n) is 4.29. The van der Waals surface area contributed by atoms with E-state index in [9.17, 15) is 22.8 Å². The zero-order valence-electron chi connectivity index (χ0n) is 9.90. The van der Waals surface area contributed by atoms with Crippen molar-refractivity contribution in [1.82, 2.24) is 9.80 Å². The summed E-state index contributed by atoms with van der Waals surface area (Å²) in [5.41, 5.74) is 0. The van der Waals surface area contributed by atoms with Gasteiger partial charge in [0.25, 0.3) is 0 Å². The maximum atomic E-state index is 12.3. The smallest absolute Gasteiger partial charge is 0.471 e. The number of nitrogens with zero attached hydrogens (tertiary/aromatic N) is 2. The molecule has 0 radical (unpaired) electrons. The number of halogens is 3. The van der Waals surface area contributed by atoms with E-state index in [0.29, 0.717) is 0 Å². The van der Waals surface area contributed by atoms with Crippen LogP contribution in [0.2, 0.25) is 0 Å². The Bertz CT molecular complexity index is 333. The van der Waals surface area contributed by atoms with Gasteiger partial charge in [0, 0.05) is 32.2 Å². The van der Waals surface area contributed by atoms with Crippen LogP contribution in [-0.2, 0) is 9.59 Å². The van der Waals surface area contributed by atoms with Crippen molar-refractivity contribution >= 4 is 11.9 Å². The fourth-order valence-corrected chi connectivity index (χ4v) is 1.95. The van der Waals surface area contributed by atoms with E-state index in [1.807, 2.05) is 0 Å². The van der Waals surface area contributed by atoms with Crippen molar-refractivity contribution in [3.05, 3.63) is 0 Å². The van der Waals surface area contributed by atoms with Gasteiger partial charge in [-0.15, -0.1) is 0 Å². The molecule has 1 N–H and O–H groups in total. The molecule has 1 fully saturated rings. The van der Waals surface area contributed by atoms with Gasteiger partial charge in [0.05, 0.1) is 6.42 Å². The number of hydrogen-bond donors (Lipinski definition) is 1. The van der Waals surface area contributed by atoms with Gasteiger partial charge in [0.1, 0.15) is 0 Å². The highest BCUT2D eigenvalue weighted by atomic mass is 19.4. The van der Waals surface area contributed by atoms with Gasteiger partial charge in [-0.05, 0) is 6.92 Å². The molecule has 1 aliphatic heterocycles. The third-order valence-electron chi connectivity index (χ3n) is 2.86. The predicted molar refractivity (Wildman–Crippen MR) is 55.9 cm³/mol. The van der Waals surface area contributed by atoms with E-state index in [1.165, 1.54) is 6.92 Å². The van der Waals surface area contributed by atoms with Crippen LogP contribution in [0.4, 0.5) is 13.2 Å².